The first-order chi connectivity index (χ1) is 2.81. The topological polar surface area (TPSA) is 37.0 Å². The molecule has 0 aromatic rings. The Morgan fingerprint density at radius 2 is 2.33 bits per heavy atom. The van der Waals surface area contributed by atoms with Gasteiger partial charge in [-0.05, 0) is 0 Å². The molecule has 0 atom stereocenters. The Balaban J connectivity index is 3.22. The first kappa shape index (κ1) is 5.47. The van der Waals surface area contributed by atoms with Crippen molar-refractivity contribution in [2.24, 2.45) is 0 Å². The minimum atomic E-state index is 0.787. The lowest BCUT2D eigenvalue weighted by Gasteiger charge is -1.82. The zero-order valence-electron chi connectivity index (χ0n) is 4.12. The molecule has 0 aliphatic heterocycles. The van der Waals surface area contributed by atoms with Crippen LogP contribution in [0.15, 0.2) is 0 Å². The molecule has 0 aliphatic carbocycles. The van der Waals surface area contributed by atoms with Gasteiger partial charge in [0.2, 0.25) is 0 Å². The van der Waals surface area contributed by atoms with Crippen molar-refractivity contribution in [2.45, 2.75) is 20.3 Å². The second-order valence-electron chi connectivity index (χ2n) is 1.24. The predicted molar refractivity (Wildman–Crippen MR) is 25.3 cm³/mol. The molecule has 0 fully saturated rings. The molecule has 0 unspecified atom stereocenters. The normalized spacial score (nSPS) is 12.0. The average Bonchev–Trinajstić information content (AvgIpc) is 1.65. The van der Waals surface area contributed by atoms with E-state index in [-0.39, 0.29) is 0 Å². The fraction of sp³-hybridized carbons (Fsp3) is 0.750. The molecule has 36 valence electrons. The van der Waals surface area contributed by atoms with Gasteiger partial charge in [-0.15, -0.1) is 0 Å². The molecule has 2 nitrogen and oxygen atoms in total. The number of nitrogens with one attached hydrogen (secondary N) is 1. The van der Waals surface area contributed by atoms with Crippen molar-refractivity contribution >= 4 is 5.71 Å². The van der Waals surface area contributed by atoms with E-state index in [9.17, 15) is 5.21 Å². The highest BCUT2D eigenvalue weighted by molar-refractivity contribution is 5.75. The molecule has 2 heteroatoms. The molecule has 0 radical (unpaired) electrons. The summed E-state index contributed by atoms with van der Waals surface area (Å²) in [6, 6.07) is 0. The van der Waals surface area contributed by atoms with Crippen molar-refractivity contribution in [3.8, 4) is 0 Å². The molecule has 0 rings (SSSR count). The summed E-state index contributed by atoms with van der Waals surface area (Å²) < 4.78 is 0. The van der Waals surface area contributed by atoms with Crippen LogP contribution in [0.4, 0.5) is 0 Å². The fourth-order valence-electron chi connectivity index (χ4n) is 0.0722. The predicted octanol–water partition coefficient (Wildman–Crippen LogP) is -0.564. The Bertz CT molecular complexity index is 58.6. The Morgan fingerprint density at radius 1 is 1.83 bits per heavy atom. The first-order valence-electron chi connectivity index (χ1n) is 2.01. The van der Waals surface area contributed by atoms with Crippen LogP contribution in [0.1, 0.15) is 20.3 Å². The van der Waals surface area contributed by atoms with E-state index in [2.05, 4.69) is 0 Å². The van der Waals surface area contributed by atoms with Crippen molar-refractivity contribution in [2.75, 3.05) is 0 Å². The van der Waals surface area contributed by atoms with E-state index in [1.54, 1.807) is 12.1 Å². The molecule has 0 aromatic carbocycles. The van der Waals surface area contributed by atoms with Gasteiger partial charge in [0, 0.05) is 13.3 Å². The molecule has 0 bridgehead atoms. The maximum absolute atomic E-state index is 9.57. The Kier molecular flexibility index (Phi) is 2.46. The van der Waals surface area contributed by atoms with Crippen LogP contribution in [-0.2, 0) is 0 Å². The van der Waals surface area contributed by atoms with Crippen LogP contribution in [0.25, 0.3) is 0 Å². The molecule has 0 spiro atoms. The SMILES string of the molecule is CCC(C)=[NH+][O-]. The molecule has 0 heterocycles. The van der Waals surface area contributed by atoms with Crippen molar-refractivity contribution in [3.63, 3.8) is 0 Å². The number of rotatable bonds is 1. The monoisotopic (exact) mass is 87.1 g/mol. The lowest BCUT2D eigenvalue weighted by Crippen LogP contribution is -2.64. The van der Waals surface area contributed by atoms with Crippen molar-refractivity contribution in [1.82, 2.24) is 0 Å². The van der Waals surface area contributed by atoms with Gasteiger partial charge in [0.05, 0.1) is 0 Å². The standard InChI is InChI=1S/C4H9NO/c1-3-4(2)5-6/h5H,3H2,1-2H3. The van der Waals surface area contributed by atoms with Crippen LogP contribution in [0.5, 0.6) is 0 Å². The summed E-state index contributed by atoms with van der Waals surface area (Å²) >= 11 is 0. The number of hydrogen-bond donors (Lipinski definition) is 1. The summed E-state index contributed by atoms with van der Waals surface area (Å²) in [5, 5.41) is 11.4. The second kappa shape index (κ2) is 2.69. The van der Waals surface area contributed by atoms with E-state index < -0.39 is 0 Å². The van der Waals surface area contributed by atoms with Crippen molar-refractivity contribution < 1.29 is 5.16 Å². The highest BCUT2D eigenvalue weighted by Crippen LogP contribution is 1.68. The minimum Gasteiger partial charge on any atom is -0.625 e. The summed E-state index contributed by atoms with van der Waals surface area (Å²) in [6.45, 7) is 3.70. The highest BCUT2D eigenvalue weighted by Gasteiger charge is 1.82. The van der Waals surface area contributed by atoms with Crippen LogP contribution in [0, 0.1) is 5.21 Å². The zero-order valence-corrected chi connectivity index (χ0v) is 4.12. The lowest BCUT2D eigenvalue weighted by atomic mass is 10.3. The van der Waals surface area contributed by atoms with E-state index in [4.69, 9.17) is 0 Å². The molecular weight excluding hydrogens is 78.0 g/mol. The third-order valence-corrected chi connectivity index (χ3v) is 0.705. The van der Waals surface area contributed by atoms with Crippen LogP contribution < -0.4 is 5.16 Å². The summed E-state index contributed by atoms with van der Waals surface area (Å²) in [5.41, 5.74) is 0.787. The smallest absolute Gasteiger partial charge is 0.158 e. The van der Waals surface area contributed by atoms with Gasteiger partial charge in [-0.25, -0.2) is 5.16 Å². The van der Waals surface area contributed by atoms with Crippen LogP contribution in [-0.4, -0.2) is 5.71 Å². The average molecular weight is 87.1 g/mol. The van der Waals surface area contributed by atoms with Gasteiger partial charge < -0.3 is 5.21 Å². The van der Waals surface area contributed by atoms with Gasteiger partial charge in [0.1, 0.15) is 0 Å². The molecule has 0 aliphatic rings. The van der Waals surface area contributed by atoms with E-state index in [1.807, 2.05) is 6.92 Å². The van der Waals surface area contributed by atoms with Gasteiger partial charge in [-0.2, -0.15) is 0 Å². The summed E-state index contributed by atoms with van der Waals surface area (Å²) in [5.74, 6) is 0. The van der Waals surface area contributed by atoms with E-state index in [1.165, 1.54) is 0 Å². The van der Waals surface area contributed by atoms with Crippen LogP contribution >= 0.6 is 0 Å². The quantitative estimate of drug-likeness (QED) is 0.260. The maximum Gasteiger partial charge on any atom is 0.158 e. The van der Waals surface area contributed by atoms with E-state index >= 15 is 0 Å². The number of hydrogen-bond acceptors (Lipinski definition) is 1. The summed E-state index contributed by atoms with van der Waals surface area (Å²) in [6.07, 6.45) is 0.823. The third-order valence-electron chi connectivity index (χ3n) is 0.705. The van der Waals surface area contributed by atoms with Gasteiger partial charge in [0.25, 0.3) is 0 Å². The molecule has 0 saturated heterocycles. The molecule has 0 amide bonds. The highest BCUT2D eigenvalue weighted by atomic mass is 16.4. The minimum absolute atomic E-state index is 0.787. The molecular formula is C4H9NO. The Labute approximate surface area is 37.5 Å². The largest absolute Gasteiger partial charge is 0.625 e. The van der Waals surface area contributed by atoms with Gasteiger partial charge in [0.15, 0.2) is 5.71 Å². The summed E-state index contributed by atoms with van der Waals surface area (Å²) in [4.78, 5) is 0. The van der Waals surface area contributed by atoms with Gasteiger partial charge in [-0.3, -0.25) is 0 Å². The lowest BCUT2D eigenvalue weighted by molar-refractivity contribution is -0.375. The second-order valence-corrected chi connectivity index (χ2v) is 1.24. The first-order valence-corrected chi connectivity index (χ1v) is 2.01. The van der Waals surface area contributed by atoms with E-state index in [0.717, 1.165) is 12.1 Å². The van der Waals surface area contributed by atoms with E-state index in [0.29, 0.717) is 0 Å². The Morgan fingerprint density at radius 3 is 2.33 bits per heavy atom. The molecule has 1 N–H and O–H groups in total. The van der Waals surface area contributed by atoms with Crippen LogP contribution in [0.2, 0.25) is 0 Å². The zero-order chi connectivity index (χ0) is 4.99. The van der Waals surface area contributed by atoms with Gasteiger partial charge in [-0.1, -0.05) is 6.92 Å². The molecule has 0 aromatic heterocycles. The molecule has 6 heavy (non-hydrogen) atoms. The van der Waals surface area contributed by atoms with Crippen LogP contribution in [0.3, 0.4) is 0 Å². The van der Waals surface area contributed by atoms with Crippen molar-refractivity contribution in [1.29, 1.82) is 0 Å². The third kappa shape index (κ3) is 1.76. The van der Waals surface area contributed by atoms with Crippen molar-refractivity contribution in [3.05, 3.63) is 5.21 Å². The fourth-order valence-corrected chi connectivity index (χ4v) is 0.0722. The van der Waals surface area contributed by atoms with Gasteiger partial charge >= 0.3 is 0 Å². The Hall–Kier alpha value is -0.530. The summed E-state index contributed by atoms with van der Waals surface area (Å²) in [7, 11) is 0. The maximum atomic E-state index is 9.57. The molecule has 0 saturated carbocycles.